The monoisotopic (exact) mass is 332 g/mol. The van der Waals surface area contributed by atoms with Gasteiger partial charge >= 0.3 is 19.8 Å². The number of carbonyl (C=O) groups is 2. The van der Waals surface area contributed by atoms with E-state index in [0.717, 1.165) is 0 Å². The number of hydrogen-bond donors (Lipinski definition) is 2. The van der Waals surface area contributed by atoms with Crippen molar-refractivity contribution >= 4 is 19.8 Å². The molecule has 0 amide bonds. The summed E-state index contributed by atoms with van der Waals surface area (Å²) in [5.41, 5.74) is 0.687. The normalized spacial score (nSPS) is 11.3. The summed E-state index contributed by atoms with van der Waals surface area (Å²) in [7, 11) is -4.53. The zero-order valence-corrected chi connectivity index (χ0v) is 13.0. The Balaban J connectivity index is 2.47. The molecule has 2 N–H and O–H groups in total. The zero-order valence-electron chi connectivity index (χ0n) is 12.1. The van der Waals surface area contributed by atoms with Crippen molar-refractivity contribution in [2.45, 2.75) is 20.5 Å². The van der Waals surface area contributed by atoms with Crippen LogP contribution in [0.3, 0.4) is 0 Å². The molecule has 8 nitrogen and oxygen atoms in total. The molecular weight excluding hydrogens is 315 g/mol. The van der Waals surface area contributed by atoms with E-state index in [2.05, 4.69) is 4.52 Å². The lowest BCUT2D eigenvalue weighted by Gasteiger charge is -2.08. The molecule has 0 saturated heterocycles. The molecular formula is C13H17O8P. The third-order valence-electron chi connectivity index (χ3n) is 2.45. The van der Waals surface area contributed by atoms with Crippen molar-refractivity contribution in [1.29, 1.82) is 0 Å². The fourth-order valence-electron chi connectivity index (χ4n) is 1.29. The zero-order chi connectivity index (χ0) is 16.8. The van der Waals surface area contributed by atoms with Crippen LogP contribution in [-0.4, -0.2) is 28.5 Å². The highest BCUT2D eigenvalue weighted by molar-refractivity contribution is 7.46. The number of ether oxygens (including phenoxy) is 2. The average molecular weight is 332 g/mol. The van der Waals surface area contributed by atoms with Gasteiger partial charge in [0.2, 0.25) is 6.79 Å². The average Bonchev–Trinajstić information content (AvgIpc) is 2.44. The minimum absolute atomic E-state index is 0.209. The van der Waals surface area contributed by atoms with Gasteiger partial charge in [0.25, 0.3) is 0 Å². The molecule has 1 rings (SSSR count). The molecule has 0 aliphatic rings. The molecule has 0 atom stereocenters. The predicted molar refractivity (Wildman–Crippen MR) is 74.5 cm³/mol. The van der Waals surface area contributed by atoms with Crippen LogP contribution in [0.2, 0.25) is 0 Å². The summed E-state index contributed by atoms with van der Waals surface area (Å²) in [4.78, 5) is 40.0. The molecule has 0 aliphatic carbocycles. The Morgan fingerprint density at radius 2 is 1.73 bits per heavy atom. The largest absolute Gasteiger partial charge is 0.469 e. The van der Waals surface area contributed by atoms with E-state index in [1.807, 2.05) is 0 Å². The molecule has 0 spiro atoms. The van der Waals surface area contributed by atoms with Crippen molar-refractivity contribution in [3.8, 4) is 0 Å². The Kier molecular flexibility index (Phi) is 6.70. The van der Waals surface area contributed by atoms with Crippen LogP contribution in [0.1, 0.15) is 29.8 Å². The van der Waals surface area contributed by atoms with Crippen molar-refractivity contribution in [2.24, 2.45) is 5.92 Å². The number of rotatable bonds is 7. The van der Waals surface area contributed by atoms with Gasteiger partial charge in [-0.3, -0.25) is 9.32 Å². The highest BCUT2D eigenvalue weighted by atomic mass is 31.2. The van der Waals surface area contributed by atoms with Gasteiger partial charge in [0.1, 0.15) is 0 Å². The lowest BCUT2D eigenvalue weighted by Crippen LogP contribution is -2.16. The van der Waals surface area contributed by atoms with Crippen LogP contribution < -0.4 is 0 Å². The first-order valence-electron chi connectivity index (χ1n) is 6.32. The molecule has 0 radical (unpaired) electrons. The van der Waals surface area contributed by atoms with Crippen LogP contribution in [0.15, 0.2) is 24.3 Å². The second kappa shape index (κ2) is 8.05. The second-order valence-corrected chi connectivity index (χ2v) is 5.87. The molecule has 0 saturated carbocycles. The predicted octanol–water partition coefficient (Wildman–Crippen LogP) is 1.61. The van der Waals surface area contributed by atoms with E-state index in [1.165, 1.54) is 24.3 Å². The van der Waals surface area contributed by atoms with Gasteiger partial charge in [-0.05, 0) is 17.7 Å². The fraction of sp³-hybridized carbons (Fsp3) is 0.385. The fourth-order valence-corrected chi connectivity index (χ4v) is 1.60. The van der Waals surface area contributed by atoms with Crippen molar-refractivity contribution in [3.05, 3.63) is 35.4 Å². The number of hydrogen-bond acceptors (Lipinski definition) is 6. The molecule has 1 aromatic rings. The van der Waals surface area contributed by atoms with Crippen molar-refractivity contribution in [1.82, 2.24) is 0 Å². The SMILES string of the molecule is CC(C)C(=O)OCOC(=O)c1ccc(COP(=O)(O)O)cc1. The van der Waals surface area contributed by atoms with Gasteiger partial charge in [-0.2, -0.15) is 0 Å². The topological polar surface area (TPSA) is 119 Å². The number of esters is 2. The molecule has 0 aliphatic heterocycles. The molecule has 0 bridgehead atoms. The molecule has 0 unspecified atom stereocenters. The Morgan fingerprint density at radius 3 is 2.23 bits per heavy atom. The van der Waals surface area contributed by atoms with Gasteiger partial charge in [0, 0.05) is 0 Å². The highest BCUT2D eigenvalue weighted by Gasteiger charge is 2.14. The first-order valence-corrected chi connectivity index (χ1v) is 7.85. The third-order valence-corrected chi connectivity index (χ3v) is 2.92. The lowest BCUT2D eigenvalue weighted by atomic mass is 10.1. The Hall–Kier alpha value is -1.73. The van der Waals surface area contributed by atoms with Gasteiger partial charge in [-0.25, -0.2) is 9.36 Å². The summed E-state index contributed by atoms with van der Waals surface area (Å²) in [5, 5.41) is 0. The molecule has 122 valence electrons. The first kappa shape index (κ1) is 18.3. The minimum atomic E-state index is -4.53. The Bertz CT molecular complexity index is 560. The number of benzene rings is 1. The third kappa shape index (κ3) is 6.82. The van der Waals surface area contributed by atoms with E-state index in [0.29, 0.717) is 5.56 Å². The minimum Gasteiger partial charge on any atom is -0.428 e. The maximum Gasteiger partial charge on any atom is 0.469 e. The number of phosphoric acid groups is 1. The van der Waals surface area contributed by atoms with E-state index >= 15 is 0 Å². The van der Waals surface area contributed by atoms with Crippen LogP contribution >= 0.6 is 7.82 Å². The van der Waals surface area contributed by atoms with Crippen LogP contribution in [-0.2, 0) is 30.0 Å². The molecule has 22 heavy (non-hydrogen) atoms. The van der Waals surface area contributed by atoms with Crippen LogP contribution in [0.25, 0.3) is 0 Å². The molecule has 0 fully saturated rings. The van der Waals surface area contributed by atoms with Crippen molar-refractivity contribution in [2.75, 3.05) is 6.79 Å². The summed E-state index contributed by atoms with van der Waals surface area (Å²) in [6.07, 6.45) is 0. The van der Waals surface area contributed by atoms with Crippen LogP contribution in [0, 0.1) is 5.92 Å². The summed E-state index contributed by atoms with van der Waals surface area (Å²) in [6, 6.07) is 5.74. The quantitative estimate of drug-likeness (QED) is 0.439. The summed E-state index contributed by atoms with van der Waals surface area (Å²) >= 11 is 0. The van der Waals surface area contributed by atoms with Crippen molar-refractivity contribution < 1.29 is 37.9 Å². The van der Waals surface area contributed by atoms with Gasteiger partial charge in [-0.15, -0.1) is 0 Å². The van der Waals surface area contributed by atoms with E-state index in [1.54, 1.807) is 13.8 Å². The summed E-state index contributed by atoms with van der Waals surface area (Å²) in [5.74, 6) is -1.47. The lowest BCUT2D eigenvalue weighted by molar-refractivity contribution is -0.155. The van der Waals surface area contributed by atoms with Gasteiger partial charge in [0.15, 0.2) is 0 Å². The standard InChI is InChI=1S/C13H17O8P/c1-9(2)12(14)19-8-20-13(15)11-5-3-10(4-6-11)7-21-22(16,17)18/h3-6,9H,7-8H2,1-2H3,(H2,16,17,18). The van der Waals surface area contributed by atoms with Gasteiger partial charge < -0.3 is 19.3 Å². The van der Waals surface area contributed by atoms with Crippen LogP contribution in [0.5, 0.6) is 0 Å². The van der Waals surface area contributed by atoms with E-state index in [9.17, 15) is 14.2 Å². The number of phosphoric ester groups is 1. The van der Waals surface area contributed by atoms with Gasteiger partial charge in [-0.1, -0.05) is 26.0 Å². The Labute approximate surface area is 127 Å². The molecule has 0 aromatic heterocycles. The highest BCUT2D eigenvalue weighted by Crippen LogP contribution is 2.36. The smallest absolute Gasteiger partial charge is 0.428 e. The maximum absolute atomic E-state index is 11.7. The maximum atomic E-state index is 11.7. The molecule has 1 aromatic carbocycles. The first-order chi connectivity index (χ1) is 10.2. The van der Waals surface area contributed by atoms with Crippen molar-refractivity contribution in [3.63, 3.8) is 0 Å². The molecule has 0 heterocycles. The number of carbonyl (C=O) groups excluding carboxylic acids is 2. The van der Waals surface area contributed by atoms with E-state index in [4.69, 9.17) is 19.3 Å². The summed E-state index contributed by atoms with van der Waals surface area (Å²) < 4.78 is 24.4. The van der Waals surface area contributed by atoms with E-state index < -0.39 is 26.6 Å². The van der Waals surface area contributed by atoms with E-state index in [-0.39, 0.29) is 18.1 Å². The second-order valence-electron chi connectivity index (χ2n) is 4.63. The van der Waals surface area contributed by atoms with Crippen LogP contribution in [0.4, 0.5) is 0 Å². The Morgan fingerprint density at radius 1 is 1.14 bits per heavy atom. The molecule has 9 heteroatoms. The van der Waals surface area contributed by atoms with Gasteiger partial charge in [0.05, 0.1) is 18.1 Å². The summed E-state index contributed by atoms with van der Waals surface area (Å²) in [6.45, 7) is 2.55.